The van der Waals surface area contributed by atoms with Crippen molar-refractivity contribution >= 4 is 17.9 Å². The van der Waals surface area contributed by atoms with E-state index in [9.17, 15) is 14.4 Å². The molecule has 0 bridgehead atoms. The standard InChI is InChI=1S/C58H100O6/c1-4-7-10-13-16-19-22-25-27-28-29-31-33-36-39-42-45-48-51-57(60)63-54-55(53-62-56(59)50-47-44-41-38-35-32-24-21-18-15-12-9-6-3)64-58(61)52-49-46-43-40-37-34-30-26-23-20-17-14-11-8-5-2/h8,11,14,17,20,23,26-31,55H,4-7,9-10,12-13,15-16,18-19,21-22,24-25,32-54H2,1-3H3/b11-8-,17-14-,23-20-,28-27-,30-26-,31-29-. The average molecular weight is 893 g/mol. The smallest absolute Gasteiger partial charge is 0.306 e. The Balaban J connectivity index is 4.43. The normalized spacial score (nSPS) is 12.6. The number of rotatable bonds is 48. The molecule has 1 unspecified atom stereocenters. The molecule has 0 saturated heterocycles. The fourth-order valence-electron chi connectivity index (χ4n) is 7.50. The summed E-state index contributed by atoms with van der Waals surface area (Å²) in [6.45, 7) is 6.47. The molecule has 0 radical (unpaired) electrons. The minimum absolute atomic E-state index is 0.0887. The third-order valence-electron chi connectivity index (χ3n) is 11.6. The number of hydrogen-bond acceptors (Lipinski definition) is 6. The van der Waals surface area contributed by atoms with Gasteiger partial charge in [-0.3, -0.25) is 14.4 Å². The Morgan fingerprint density at radius 2 is 0.609 bits per heavy atom. The van der Waals surface area contributed by atoms with E-state index in [1.807, 2.05) is 18.2 Å². The lowest BCUT2D eigenvalue weighted by molar-refractivity contribution is -0.167. The maximum absolute atomic E-state index is 12.8. The van der Waals surface area contributed by atoms with Gasteiger partial charge in [-0.1, -0.05) is 248 Å². The van der Waals surface area contributed by atoms with Crippen LogP contribution in [-0.4, -0.2) is 37.2 Å². The van der Waals surface area contributed by atoms with Crippen molar-refractivity contribution in [1.29, 1.82) is 0 Å². The molecular formula is C58H100O6. The molecule has 0 spiro atoms. The fourth-order valence-corrected chi connectivity index (χ4v) is 7.50. The van der Waals surface area contributed by atoms with E-state index in [2.05, 4.69) is 75.5 Å². The van der Waals surface area contributed by atoms with Crippen LogP contribution in [0.3, 0.4) is 0 Å². The third kappa shape index (κ3) is 49.9. The number of unbranched alkanes of at least 4 members (excludes halogenated alkanes) is 29. The molecule has 0 aromatic rings. The second-order valence-corrected chi connectivity index (χ2v) is 17.9. The van der Waals surface area contributed by atoms with Crippen molar-refractivity contribution in [3.63, 3.8) is 0 Å². The molecule has 6 heteroatoms. The zero-order valence-electron chi connectivity index (χ0n) is 42.0. The summed E-state index contributed by atoms with van der Waals surface area (Å²) in [6.07, 6.45) is 66.0. The Kier molecular flexibility index (Phi) is 49.9. The van der Waals surface area contributed by atoms with Crippen molar-refractivity contribution in [2.45, 2.75) is 264 Å². The maximum atomic E-state index is 12.8. The predicted molar refractivity (Wildman–Crippen MR) is 274 cm³/mol. The summed E-state index contributed by atoms with van der Waals surface area (Å²) >= 11 is 0. The molecule has 0 N–H and O–H groups in total. The minimum atomic E-state index is -0.792. The van der Waals surface area contributed by atoms with Crippen LogP contribution in [0, 0.1) is 0 Å². The first-order valence-electron chi connectivity index (χ1n) is 27.0. The first-order valence-corrected chi connectivity index (χ1v) is 27.0. The monoisotopic (exact) mass is 893 g/mol. The van der Waals surface area contributed by atoms with Crippen LogP contribution in [0.2, 0.25) is 0 Å². The summed E-state index contributed by atoms with van der Waals surface area (Å²) in [5.74, 6) is -0.922. The van der Waals surface area contributed by atoms with Gasteiger partial charge in [-0.15, -0.1) is 0 Å². The highest BCUT2D eigenvalue weighted by Gasteiger charge is 2.19. The lowest BCUT2D eigenvalue weighted by atomic mass is 10.0. The van der Waals surface area contributed by atoms with Gasteiger partial charge in [-0.25, -0.2) is 0 Å². The van der Waals surface area contributed by atoms with E-state index in [1.54, 1.807) is 0 Å². The van der Waals surface area contributed by atoms with Crippen molar-refractivity contribution in [1.82, 2.24) is 0 Å². The topological polar surface area (TPSA) is 78.9 Å². The molecule has 0 heterocycles. The summed E-state index contributed by atoms with van der Waals surface area (Å²) in [5.41, 5.74) is 0. The first kappa shape index (κ1) is 60.9. The summed E-state index contributed by atoms with van der Waals surface area (Å²) < 4.78 is 16.8. The second-order valence-electron chi connectivity index (χ2n) is 17.9. The summed E-state index contributed by atoms with van der Waals surface area (Å²) in [6, 6.07) is 0. The fraction of sp³-hybridized carbons (Fsp3) is 0.741. The quantitative estimate of drug-likeness (QED) is 0.0262. The Labute approximate surface area is 395 Å². The summed E-state index contributed by atoms with van der Waals surface area (Å²) in [7, 11) is 0. The predicted octanol–water partition coefficient (Wildman–Crippen LogP) is 17.8. The third-order valence-corrected chi connectivity index (χ3v) is 11.6. The molecule has 0 aliphatic heterocycles. The van der Waals surface area contributed by atoms with Crippen LogP contribution in [0.25, 0.3) is 0 Å². The average Bonchev–Trinajstić information content (AvgIpc) is 3.29. The largest absolute Gasteiger partial charge is 0.462 e. The van der Waals surface area contributed by atoms with Gasteiger partial charge in [0.1, 0.15) is 13.2 Å². The Hall–Kier alpha value is -3.15. The number of hydrogen-bond donors (Lipinski definition) is 0. The van der Waals surface area contributed by atoms with E-state index < -0.39 is 6.10 Å². The summed E-state index contributed by atoms with van der Waals surface area (Å²) in [5, 5.41) is 0. The second kappa shape index (κ2) is 52.5. The van der Waals surface area contributed by atoms with Crippen LogP contribution in [0.4, 0.5) is 0 Å². The van der Waals surface area contributed by atoms with Gasteiger partial charge in [-0.05, 0) is 64.2 Å². The molecule has 0 fully saturated rings. The zero-order chi connectivity index (χ0) is 46.5. The zero-order valence-corrected chi connectivity index (χ0v) is 42.0. The van der Waals surface area contributed by atoms with E-state index in [-0.39, 0.29) is 31.1 Å². The van der Waals surface area contributed by atoms with Gasteiger partial charge in [0.25, 0.3) is 0 Å². The Morgan fingerprint density at radius 1 is 0.328 bits per heavy atom. The van der Waals surface area contributed by atoms with Gasteiger partial charge in [0.05, 0.1) is 0 Å². The van der Waals surface area contributed by atoms with E-state index in [1.165, 1.54) is 116 Å². The Bertz CT molecular complexity index is 1210. The number of ether oxygens (including phenoxy) is 3. The van der Waals surface area contributed by atoms with Crippen LogP contribution in [0.5, 0.6) is 0 Å². The van der Waals surface area contributed by atoms with Crippen LogP contribution in [-0.2, 0) is 28.6 Å². The molecule has 0 amide bonds. The lowest BCUT2D eigenvalue weighted by Gasteiger charge is -2.18. The molecular weight excluding hydrogens is 793 g/mol. The molecule has 6 nitrogen and oxygen atoms in total. The van der Waals surface area contributed by atoms with E-state index in [0.717, 1.165) is 103 Å². The van der Waals surface area contributed by atoms with Crippen LogP contribution in [0.15, 0.2) is 72.9 Å². The van der Waals surface area contributed by atoms with Gasteiger partial charge in [-0.2, -0.15) is 0 Å². The van der Waals surface area contributed by atoms with Crippen molar-refractivity contribution in [3.8, 4) is 0 Å². The highest BCUT2D eigenvalue weighted by Crippen LogP contribution is 2.15. The van der Waals surface area contributed by atoms with Gasteiger partial charge in [0.15, 0.2) is 6.10 Å². The highest BCUT2D eigenvalue weighted by molar-refractivity contribution is 5.71. The van der Waals surface area contributed by atoms with E-state index in [4.69, 9.17) is 14.2 Å². The van der Waals surface area contributed by atoms with Crippen LogP contribution < -0.4 is 0 Å². The molecule has 0 aromatic carbocycles. The number of esters is 3. The van der Waals surface area contributed by atoms with E-state index in [0.29, 0.717) is 19.3 Å². The van der Waals surface area contributed by atoms with Crippen LogP contribution >= 0.6 is 0 Å². The van der Waals surface area contributed by atoms with Crippen molar-refractivity contribution in [3.05, 3.63) is 72.9 Å². The molecule has 0 aromatic heterocycles. The van der Waals surface area contributed by atoms with Crippen LogP contribution in [0.1, 0.15) is 258 Å². The molecule has 0 saturated carbocycles. The van der Waals surface area contributed by atoms with Gasteiger partial charge < -0.3 is 14.2 Å². The van der Waals surface area contributed by atoms with Crippen molar-refractivity contribution in [2.24, 2.45) is 0 Å². The Morgan fingerprint density at radius 3 is 0.969 bits per heavy atom. The van der Waals surface area contributed by atoms with Crippen molar-refractivity contribution in [2.75, 3.05) is 13.2 Å². The number of allylic oxidation sites excluding steroid dienone is 12. The molecule has 64 heavy (non-hydrogen) atoms. The molecule has 0 rings (SSSR count). The van der Waals surface area contributed by atoms with Crippen molar-refractivity contribution < 1.29 is 28.6 Å². The number of carbonyl (C=O) groups is 3. The van der Waals surface area contributed by atoms with Gasteiger partial charge in [0.2, 0.25) is 0 Å². The highest BCUT2D eigenvalue weighted by atomic mass is 16.6. The van der Waals surface area contributed by atoms with E-state index >= 15 is 0 Å². The maximum Gasteiger partial charge on any atom is 0.306 e. The van der Waals surface area contributed by atoms with Gasteiger partial charge in [0, 0.05) is 19.3 Å². The lowest BCUT2D eigenvalue weighted by Crippen LogP contribution is -2.30. The number of carbonyl (C=O) groups excluding carboxylic acids is 3. The summed E-state index contributed by atoms with van der Waals surface area (Å²) in [4.78, 5) is 38.0. The molecule has 1 atom stereocenters. The molecule has 0 aliphatic rings. The SMILES string of the molecule is CC\C=C/C=C\C=C/C=C\CCCCCCCC(=O)OC(COC(=O)CCCCCCC/C=C\C=C/CCCCCCCCC)COC(=O)CCCCCCCCCCCCCCC. The first-order chi connectivity index (χ1) is 31.5. The molecule has 0 aliphatic carbocycles. The van der Waals surface area contributed by atoms with Gasteiger partial charge >= 0.3 is 17.9 Å². The molecule has 368 valence electrons. The minimum Gasteiger partial charge on any atom is -0.462 e.